The van der Waals surface area contributed by atoms with E-state index in [-0.39, 0.29) is 53.2 Å². The smallest absolute Gasteiger partial charge is 0.310 e. The lowest BCUT2D eigenvalue weighted by molar-refractivity contribution is -0.377. The van der Waals surface area contributed by atoms with Gasteiger partial charge in [-0.3, -0.25) is 9.59 Å². The number of carbonyl (C=O) groups excluding carboxylic acids is 2. The van der Waals surface area contributed by atoms with Gasteiger partial charge in [0.1, 0.15) is 17.1 Å². The van der Waals surface area contributed by atoms with E-state index in [1.807, 2.05) is 13.8 Å². The Balaban J connectivity index is 1.43. The van der Waals surface area contributed by atoms with Gasteiger partial charge in [-0.1, -0.05) is 27.7 Å². The number of fused-ring (bicyclic) bond motifs is 2. The Labute approximate surface area is 212 Å². The van der Waals surface area contributed by atoms with Gasteiger partial charge in [-0.2, -0.15) is 0 Å². The third kappa shape index (κ3) is 3.32. The summed E-state index contributed by atoms with van der Waals surface area (Å²) in [6, 6.07) is 0. The molecule has 0 radical (unpaired) electrons. The lowest BCUT2D eigenvalue weighted by Crippen LogP contribution is -2.77. The van der Waals surface area contributed by atoms with E-state index in [0.717, 1.165) is 12.8 Å². The van der Waals surface area contributed by atoms with Crippen molar-refractivity contribution in [3.05, 3.63) is 0 Å². The van der Waals surface area contributed by atoms with Gasteiger partial charge in [0.05, 0.1) is 24.7 Å². The molecule has 1 N–H and O–H groups in total. The molecular formula is C27H40O9. The summed E-state index contributed by atoms with van der Waals surface area (Å²) >= 11 is 0. The fourth-order valence-corrected chi connectivity index (χ4v) is 8.52. The summed E-state index contributed by atoms with van der Waals surface area (Å²) in [5, 5.41) is 9.97. The van der Waals surface area contributed by atoms with Crippen LogP contribution in [0.3, 0.4) is 0 Å². The summed E-state index contributed by atoms with van der Waals surface area (Å²) in [4.78, 5) is 25.5. The van der Waals surface area contributed by atoms with Crippen molar-refractivity contribution in [2.75, 3.05) is 6.61 Å². The van der Waals surface area contributed by atoms with Crippen molar-refractivity contribution < 1.29 is 43.1 Å². The van der Waals surface area contributed by atoms with Gasteiger partial charge in [0.25, 0.3) is 0 Å². The van der Waals surface area contributed by atoms with Gasteiger partial charge < -0.3 is 33.5 Å². The highest BCUT2D eigenvalue weighted by atomic mass is 16.7. The van der Waals surface area contributed by atoms with Crippen LogP contribution < -0.4 is 0 Å². The minimum absolute atomic E-state index is 0.0171. The number of epoxide rings is 1. The summed E-state index contributed by atoms with van der Waals surface area (Å²) in [5.74, 6) is -0.618. The van der Waals surface area contributed by atoms with Crippen LogP contribution in [0.25, 0.3) is 0 Å². The van der Waals surface area contributed by atoms with Crippen LogP contribution in [0.1, 0.15) is 73.1 Å². The maximum atomic E-state index is 13.1. The normalized spacial score (nSPS) is 53.6. The Morgan fingerprint density at radius 2 is 1.86 bits per heavy atom. The average Bonchev–Trinajstić information content (AvgIpc) is 3.31. The molecule has 0 aromatic heterocycles. The van der Waals surface area contributed by atoms with Crippen molar-refractivity contribution in [2.45, 2.75) is 116 Å². The van der Waals surface area contributed by atoms with Crippen LogP contribution in [0.5, 0.6) is 0 Å². The first-order valence-electron chi connectivity index (χ1n) is 13.7. The Kier molecular flexibility index (Phi) is 5.82. The first kappa shape index (κ1) is 25.0. The molecule has 5 aliphatic heterocycles. The Morgan fingerprint density at radius 1 is 1.11 bits per heavy atom. The van der Waals surface area contributed by atoms with Crippen molar-refractivity contribution >= 4 is 11.9 Å². The number of carbonyl (C=O) groups is 2. The number of aliphatic hydroxyl groups is 1. The van der Waals surface area contributed by atoms with Gasteiger partial charge in [-0.15, -0.1) is 0 Å². The summed E-state index contributed by atoms with van der Waals surface area (Å²) in [5.41, 5.74) is -1.70. The predicted molar refractivity (Wildman–Crippen MR) is 124 cm³/mol. The van der Waals surface area contributed by atoms with Gasteiger partial charge >= 0.3 is 11.9 Å². The monoisotopic (exact) mass is 508 g/mol. The Hall–Kier alpha value is -1.26. The van der Waals surface area contributed by atoms with Crippen molar-refractivity contribution in [1.29, 1.82) is 0 Å². The molecule has 7 rings (SSSR count). The van der Waals surface area contributed by atoms with E-state index in [1.54, 1.807) is 0 Å². The summed E-state index contributed by atoms with van der Waals surface area (Å²) in [6.45, 7) is 10.3. The quantitative estimate of drug-likeness (QED) is 0.442. The van der Waals surface area contributed by atoms with Crippen LogP contribution in [-0.4, -0.2) is 66.4 Å². The molecule has 2 bridgehead atoms. The van der Waals surface area contributed by atoms with Crippen molar-refractivity contribution in [2.24, 2.45) is 34.5 Å². The molecule has 1 unspecified atom stereocenters. The number of hydrogen-bond donors (Lipinski definition) is 1. The van der Waals surface area contributed by atoms with Crippen molar-refractivity contribution in [1.82, 2.24) is 0 Å². The number of ether oxygens (including phenoxy) is 6. The van der Waals surface area contributed by atoms with Gasteiger partial charge in [-0.25, -0.2) is 0 Å². The number of aliphatic hydroxyl groups excluding tert-OH is 1. The lowest BCUT2D eigenvalue weighted by atomic mass is 9.40. The maximum absolute atomic E-state index is 13.1. The van der Waals surface area contributed by atoms with E-state index in [0.29, 0.717) is 32.3 Å². The second kappa shape index (κ2) is 8.37. The highest BCUT2D eigenvalue weighted by molar-refractivity contribution is 5.72. The molecule has 5 heterocycles. The third-order valence-corrected chi connectivity index (χ3v) is 10.8. The van der Waals surface area contributed by atoms with E-state index < -0.39 is 36.0 Å². The molecule has 7 fully saturated rings. The first-order valence-corrected chi connectivity index (χ1v) is 13.7. The fraction of sp³-hybridized carbons (Fsp3) is 0.926. The molecule has 202 valence electrons. The summed E-state index contributed by atoms with van der Waals surface area (Å²) in [6.07, 6.45) is 1.36. The van der Waals surface area contributed by atoms with Crippen molar-refractivity contribution in [3.8, 4) is 0 Å². The molecule has 0 amide bonds. The van der Waals surface area contributed by atoms with Gasteiger partial charge in [0.15, 0.2) is 12.6 Å². The third-order valence-electron chi connectivity index (χ3n) is 10.8. The number of esters is 2. The first-order chi connectivity index (χ1) is 17.0. The molecule has 9 nitrogen and oxygen atoms in total. The molecule has 7 aliphatic rings. The Morgan fingerprint density at radius 3 is 2.50 bits per heavy atom. The number of rotatable bonds is 5. The van der Waals surface area contributed by atoms with E-state index in [9.17, 15) is 14.7 Å². The minimum atomic E-state index is -0.853. The van der Waals surface area contributed by atoms with E-state index in [1.165, 1.54) is 6.92 Å². The van der Waals surface area contributed by atoms with Crippen molar-refractivity contribution in [3.63, 3.8) is 0 Å². The molecule has 36 heavy (non-hydrogen) atoms. The highest BCUT2D eigenvalue weighted by Crippen LogP contribution is 2.74. The standard InChI is InChI=1S/C27H40O9/c1-6-13(2)22(30)36-24-27-18(10-17(33-24)11-26(27)12-31-26)25(5,14(3)7-20(27)32-15(4)28)19-8-16-9-21(29)35-23(16)34-19/h13-14,16-21,23-24,29H,6-12H2,1-5H3/t13?,14-,16+,17-,18-,19+,20+,21-,23-,24-,25+,26+,27+/m1/s1. The largest absolute Gasteiger partial charge is 0.462 e. The van der Waals surface area contributed by atoms with Crippen LogP contribution in [-0.2, 0) is 38.0 Å². The maximum Gasteiger partial charge on any atom is 0.310 e. The number of hydrogen-bond acceptors (Lipinski definition) is 9. The van der Waals surface area contributed by atoms with Crippen LogP contribution in [0, 0.1) is 34.5 Å². The highest BCUT2D eigenvalue weighted by Gasteiger charge is 2.83. The van der Waals surface area contributed by atoms with Crippen LogP contribution in [0.15, 0.2) is 0 Å². The van der Waals surface area contributed by atoms with E-state index in [4.69, 9.17) is 28.4 Å². The van der Waals surface area contributed by atoms with Gasteiger partial charge in [-0.05, 0) is 37.5 Å². The summed E-state index contributed by atoms with van der Waals surface area (Å²) in [7, 11) is 0. The average molecular weight is 509 g/mol. The van der Waals surface area contributed by atoms with Crippen LogP contribution in [0.2, 0.25) is 0 Å². The molecule has 0 aromatic carbocycles. The molecule has 0 aromatic rings. The fourth-order valence-electron chi connectivity index (χ4n) is 8.52. The second-order valence-corrected chi connectivity index (χ2v) is 12.5. The molecule has 5 saturated heterocycles. The second-order valence-electron chi connectivity index (χ2n) is 12.5. The molecule has 13 atom stereocenters. The lowest BCUT2D eigenvalue weighted by Gasteiger charge is -2.69. The molecule has 9 heteroatoms. The molecule has 2 saturated carbocycles. The van der Waals surface area contributed by atoms with E-state index in [2.05, 4.69) is 13.8 Å². The zero-order valence-corrected chi connectivity index (χ0v) is 21.9. The van der Waals surface area contributed by atoms with E-state index >= 15 is 0 Å². The van der Waals surface area contributed by atoms with Gasteiger partial charge in [0, 0.05) is 31.1 Å². The topological polar surface area (TPSA) is 113 Å². The molecular weight excluding hydrogens is 468 g/mol. The zero-order valence-electron chi connectivity index (χ0n) is 21.9. The SMILES string of the molecule is CCC(C)C(=O)O[C@H]1O[C@@H]2C[C@@H]3[C@@](C)([C@@H]4C[C@H]5C[C@H](O)O[C@H]5O4)[C@H](C)C[C@H](OC(C)=O)[C@]13[C@@]1(CO1)C2. The van der Waals surface area contributed by atoms with Gasteiger partial charge in [0.2, 0.25) is 6.29 Å². The Bertz CT molecular complexity index is 905. The van der Waals surface area contributed by atoms with Crippen LogP contribution >= 0.6 is 0 Å². The zero-order chi connectivity index (χ0) is 25.6. The predicted octanol–water partition coefficient (Wildman–Crippen LogP) is 2.91. The molecule has 2 spiro atoms. The minimum Gasteiger partial charge on any atom is -0.462 e. The van der Waals surface area contributed by atoms with Crippen LogP contribution in [0.4, 0.5) is 0 Å². The summed E-state index contributed by atoms with van der Waals surface area (Å²) < 4.78 is 37.2. The molecule has 2 aliphatic carbocycles.